The average molecular weight is 191 g/mol. The Morgan fingerprint density at radius 1 is 1.43 bits per heavy atom. The van der Waals surface area contributed by atoms with Gasteiger partial charge in [0.05, 0.1) is 13.0 Å². The summed E-state index contributed by atoms with van der Waals surface area (Å²) in [6, 6.07) is 5.81. The van der Waals surface area contributed by atoms with Gasteiger partial charge in [0.1, 0.15) is 0 Å². The highest BCUT2D eigenvalue weighted by molar-refractivity contribution is 5.74. The van der Waals surface area contributed by atoms with E-state index in [1.165, 1.54) is 18.2 Å². The highest BCUT2D eigenvalue weighted by Gasteiger charge is 2.27. The van der Waals surface area contributed by atoms with E-state index in [1.807, 2.05) is 18.2 Å². The van der Waals surface area contributed by atoms with Crippen LogP contribution in [-0.2, 0) is 22.4 Å². The maximum absolute atomic E-state index is 11.3. The maximum Gasteiger partial charge on any atom is 0.309 e. The van der Waals surface area contributed by atoms with Crippen LogP contribution in [0, 0.1) is 5.92 Å². The van der Waals surface area contributed by atoms with Gasteiger partial charge in [0, 0.05) is 5.69 Å². The molecule has 2 N–H and O–H groups in total. The van der Waals surface area contributed by atoms with Crippen molar-refractivity contribution in [3.8, 4) is 0 Å². The Kier molecular flexibility index (Phi) is 2.15. The average Bonchev–Trinajstić information content (AvgIpc) is 2.59. The molecule has 0 heterocycles. The van der Waals surface area contributed by atoms with Gasteiger partial charge in [-0.25, -0.2) is 0 Å². The lowest BCUT2D eigenvalue weighted by Crippen LogP contribution is -2.15. The van der Waals surface area contributed by atoms with Crippen molar-refractivity contribution in [2.45, 2.75) is 12.8 Å². The summed E-state index contributed by atoms with van der Waals surface area (Å²) < 4.78 is 4.73. The number of methoxy groups -OCH3 is 1. The fourth-order valence-corrected chi connectivity index (χ4v) is 1.97. The number of carbonyl (C=O) groups is 1. The number of anilines is 1. The van der Waals surface area contributed by atoms with E-state index in [9.17, 15) is 4.79 Å². The summed E-state index contributed by atoms with van der Waals surface area (Å²) in [5.41, 5.74) is 8.83. The Balaban J connectivity index is 2.22. The van der Waals surface area contributed by atoms with Crippen molar-refractivity contribution in [1.29, 1.82) is 0 Å². The van der Waals surface area contributed by atoms with E-state index in [0.29, 0.717) is 0 Å². The fraction of sp³-hybridized carbons (Fsp3) is 0.364. The van der Waals surface area contributed by atoms with Gasteiger partial charge in [-0.05, 0) is 36.1 Å². The summed E-state index contributed by atoms with van der Waals surface area (Å²) in [6.07, 6.45) is 1.54. The Bertz CT molecular complexity index is 374. The van der Waals surface area contributed by atoms with Crippen LogP contribution in [0.3, 0.4) is 0 Å². The number of hydrogen-bond acceptors (Lipinski definition) is 3. The molecule has 0 fully saturated rings. The Morgan fingerprint density at radius 3 is 2.86 bits per heavy atom. The molecule has 14 heavy (non-hydrogen) atoms. The van der Waals surface area contributed by atoms with Crippen molar-refractivity contribution in [2.75, 3.05) is 12.8 Å². The number of nitrogen functional groups attached to an aromatic ring is 1. The van der Waals surface area contributed by atoms with E-state index < -0.39 is 0 Å². The van der Waals surface area contributed by atoms with Crippen molar-refractivity contribution < 1.29 is 9.53 Å². The molecular formula is C11H13NO2. The lowest BCUT2D eigenvalue weighted by molar-refractivity contribution is -0.145. The molecule has 0 aliphatic heterocycles. The minimum atomic E-state index is -0.125. The highest BCUT2D eigenvalue weighted by atomic mass is 16.5. The van der Waals surface area contributed by atoms with E-state index in [1.54, 1.807) is 0 Å². The molecule has 74 valence electrons. The Morgan fingerprint density at radius 2 is 2.14 bits per heavy atom. The lowest BCUT2D eigenvalue weighted by Gasteiger charge is -2.04. The second kappa shape index (κ2) is 3.33. The zero-order chi connectivity index (χ0) is 10.1. The van der Waals surface area contributed by atoms with E-state index >= 15 is 0 Å². The van der Waals surface area contributed by atoms with Gasteiger partial charge in [-0.3, -0.25) is 4.79 Å². The van der Waals surface area contributed by atoms with E-state index in [-0.39, 0.29) is 11.9 Å². The summed E-state index contributed by atoms with van der Waals surface area (Å²) in [4.78, 5) is 11.3. The molecular weight excluding hydrogens is 178 g/mol. The number of fused-ring (bicyclic) bond motifs is 1. The van der Waals surface area contributed by atoms with Crippen molar-refractivity contribution in [2.24, 2.45) is 5.92 Å². The van der Waals surface area contributed by atoms with Gasteiger partial charge >= 0.3 is 5.97 Å². The molecule has 0 saturated carbocycles. The molecule has 0 bridgehead atoms. The molecule has 1 aliphatic carbocycles. The third kappa shape index (κ3) is 1.45. The SMILES string of the molecule is COC(=O)[C@H]1Cc2ccc(N)cc2C1. The van der Waals surface area contributed by atoms with Gasteiger partial charge < -0.3 is 10.5 Å². The van der Waals surface area contributed by atoms with Gasteiger partial charge in [-0.2, -0.15) is 0 Å². The van der Waals surface area contributed by atoms with Crippen LogP contribution in [0.1, 0.15) is 11.1 Å². The summed E-state index contributed by atoms with van der Waals surface area (Å²) in [6.45, 7) is 0. The van der Waals surface area contributed by atoms with E-state index in [0.717, 1.165) is 18.5 Å². The minimum Gasteiger partial charge on any atom is -0.469 e. The van der Waals surface area contributed by atoms with Crippen molar-refractivity contribution in [1.82, 2.24) is 0 Å². The number of carbonyl (C=O) groups excluding carboxylic acids is 1. The number of hydrogen-bond donors (Lipinski definition) is 1. The molecule has 1 aliphatic rings. The normalized spacial score (nSPS) is 19.1. The summed E-state index contributed by atoms with van der Waals surface area (Å²) in [5, 5.41) is 0. The Hall–Kier alpha value is -1.51. The number of benzene rings is 1. The largest absolute Gasteiger partial charge is 0.469 e. The van der Waals surface area contributed by atoms with Crippen molar-refractivity contribution >= 4 is 11.7 Å². The molecule has 0 saturated heterocycles. The lowest BCUT2D eigenvalue weighted by atomic mass is 10.1. The van der Waals surface area contributed by atoms with Crippen LogP contribution >= 0.6 is 0 Å². The van der Waals surface area contributed by atoms with Gasteiger partial charge in [0.2, 0.25) is 0 Å². The quantitative estimate of drug-likeness (QED) is 0.535. The second-order valence-corrected chi connectivity index (χ2v) is 3.66. The number of nitrogens with two attached hydrogens (primary N) is 1. The molecule has 1 aromatic carbocycles. The van der Waals surface area contributed by atoms with Gasteiger partial charge in [-0.1, -0.05) is 6.07 Å². The molecule has 1 aromatic rings. The summed E-state index contributed by atoms with van der Waals surface area (Å²) in [5.74, 6) is -0.142. The first kappa shape index (κ1) is 9.06. The van der Waals surface area contributed by atoms with Gasteiger partial charge in [-0.15, -0.1) is 0 Å². The number of esters is 1. The Labute approximate surface area is 82.9 Å². The summed E-state index contributed by atoms with van der Waals surface area (Å²) >= 11 is 0. The van der Waals surface area contributed by atoms with Crippen LogP contribution in [0.4, 0.5) is 5.69 Å². The molecule has 0 radical (unpaired) electrons. The number of ether oxygens (including phenoxy) is 1. The first-order chi connectivity index (χ1) is 6.70. The molecule has 0 unspecified atom stereocenters. The highest BCUT2D eigenvalue weighted by Crippen LogP contribution is 2.28. The van der Waals surface area contributed by atoms with Crippen molar-refractivity contribution in [3.05, 3.63) is 29.3 Å². The fourth-order valence-electron chi connectivity index (χ4n) is 1.97. The standard InChI is InChI=1S/C11H13NO2/c1-14-11(13)9-4-7-2-3-10(12)6-8(7)5-9/h2-3,6,9H,4-5,12H2,1H3/t9-/m0/s1. The molecule has 2 rings (SSSR count). The van der Waals surface area contributed by atoms with E-state index in [4.69, 9.17) is 10.5 Å². The molecule has 1 atom stereocenters. The van der Waals surface area contributed by atoms with Crippen molar-refractivity contribution in [3.63, 3.8) is 0 Å². The maximum atomic E-state index is 11.3. The zero-order valence-corrected chi connectivity index (χ0v) is 8.12. The summed E-state index contributed by atoms with van der Waals surface area (Å²) in [7, 11) is 1.43. The topological polar surface area (TPSA) is 52.3 Å². The first-order valence-electron chi connectivity index (χ1n) is 4.66. The van der Waals surface area contributed by atoms with E-state index in [2.05, 4.69) is 0 Å². The monoisotopic (exact) mass is 191 g/mol. The first-order valence-corrected chi connectivity index (χ1v) is 4.66. The molecule has 0 aromatic heterocycles. The van der Waals surface area contributed by atoms with Crippen LogP contribution in [0.15, 0.2) is 18.2 Å². The minimum absolute atomic E-state index is 0.0169. The van der Waals surface area contributed by atoms with Crippen LogP contribution in [0.5, 0.6) is 0 Å². The smallest absolute Gasteiger partial charge is 0.309 e. The van der Waals surface area contributed by atoms with Crippen LogP contribution in [-0.4, -0.2) is 13.1 Å². The molecule has 0 amide bonds. The predicted octanol–water partition coefficient (Wildman–Crippen LogP) is 1.16. The molecule has 0 spiro atoms. The second-order valence-electron chi connectivity index (χ2n) is 3.66. The molecule has 3 heteroatoms. The van der Waals surface area contributed by atoms with Gasteiger partial charge in [0.25, 0.3) is 0 Å². The molecule has 3 nitrogen and oxygen atoms in total. The zero-order valence-electron chi connectivity index (χ0n) is 8.12. The van der Waals surface area contributed by atoms with Crippen LogP contribution in [0.2, 0.25) is 0 Å². The third-order valence-electron chi connectivity index (χ3n) is 2.70. The van der Waals surface area contributed by atoms with Crippen LogP contribution < -0.4 is 5.73 Å². The number of rotatable bonds is 1. The third-order valence-corrected chi connectivity index (χ3v) is 2.70. The van der Waals surface area contributed by atoms with Gasteiger partial charge in [0.15, 0.2) is 0 Å². The van der Waals surface area contributed by atoms with Crippen LogP contribution in [0.25, 0.3) is 0 Å². The predicted molar refractivity (Wildman–Crippen MR) is 53.8 cm³/mol.